The first kappa shape index (κ1) is 15.1. The van der Waals surface area contributed by atoms with Gasteiger partial charge < -0.3 is 19.7 Å². The van der Waals surface area contributed by atoms with Gasteiger partial charge in [0.2, 0.25) is 0 Å². The summed E-state index contributed by atoms with van der Waals surface area (Å²) in [5, 5.41) is 3.57. The highest BCUT2D eigenvalue weighted by molar-refractivity contribution is 5.44. The minimum atomic E-state index is 0.461. The number of rotatable bonds is 7. The second-order valence-electron chi connectivity index (χ2n) is 5.43. The minimum Gasteiger partial charge on any atom is -0.496 e. The number of hydrogen-bond acceptors (Lipinski definition) is 4. The molecule has 112 valence electrons. The van der Waals surface area contributed by atoms with Crippen LogP contribution in [0.5, 0.6) is 11.5 Å². The van der Waals surface area contributed by atoms with E-state index in [1.807, 2.05) is 18.2 Å². The summed E-state index contributed by atoms with van der Waals surface area (Å²) in [6, 6.07) is 6.37. The first-order chi connectivity index (χ1) is 9.74. The quantitative estimate of drug-likeness (QED) is 0.829. The lowest BCUT2D eigenvalue weighted by molar-refractivity contribution is 0.296. The number of nitrogens with zero attached hydrogens (tertiary/aromatic N) is 1. The van der Waals surface area contributed by atoms with E-state index in [9.17, 15) is 0 Å². The van der Waals surface area contributed by atoms with E-state index >= 15 is 0 Å². The predicted octanol–water partition coefficient (Wildman–Crippen LogP) is 2.28. The molecule has 4 nitrogen and oxygen atoms in total. The van der Waals surface area contributed by atoms with Crippen LogP contribution in [-0.4, -0.2) is 44.8 Å². The van der Waals surface area contributed by atoms with Crippen molar-refractivity contribution in [2.24, 2.45) is 0 Å². The van der Waals surface area contributed by atoms with Crippen molar-refractivity contribution in [1.82, 2.24) is 10.2 Å². The van der Waals surface area contributed by atoms with E-state index < -0.39 is 0 Å². The zero-order valence-corrected chi connectivity index (χ0v) is 12.8. The summed E-state index contributed by atoms with van der Waals surface area (Å²) in [6.45, 7) is 6.59. The van der Waals surface area contributed by atoms with Crippen molar-refractivity contribution in [3.05, 3.63) is 23.8 Å². The number of likely N-dealkylation sites (tertiary alicyclic amines) is 1. The van der Waals surface area contributed by atoms with Crippen LogP contribution in [0.15, 0.2) is 18.2 Å². The molecule has 1 unspecified atom stereocenters. The molecular weight excluding hydrogens is 252 g/mol. The number of benzene rings is 1. The van der Waals surface area contributed by atoms with Crippen molar-refractivity contribution >= 4 is 0 Å². The van der Waals surface area contributed by atoms with E-state index in [0.717, 1.165) is 30.2 Å². The van der Waals surface area contributed by atoms with Gasteiger partial charge in [0.1, 0.15) is 11.5 Å². The normalized spacial score (nSPS) is 17.1. The third kappa shape index (κ3) is 3.87. The first-order valence-electron chi connectivity index (χ1n) is 7.40. The molecule has 4 heteroatoms. The molecule has 1 aromatic carbocycles. The monoisotopic (exact) mass is 278 g/mol. The number of methoxy groups -OCH3 is 2. The Bertz CT molecular complexity index is 395. The van der Waals surface area contributed by atoms with Crippen LogP contribution in [-0.2, 0) is 6.54 Å². The third-order valence-electron chi connectivity index (χ3n) is 3.89. The average molecular weight is 278 g/mol. The Kier molecular flexibility index (Phi) is 5.68. The van der Waals surface area contributed by atoms with Gasteiger partial charge in [-0.2, -0.15) is 0 Å². The van der Waals surface area contributed by atoms with Crippen LogP contribution in [0.1, 0.15) is 25.3 Å². The maximum atomic E-state index is 5.42. The van der Waals surface area contributed by atoms with Gasteiger partial charge in [-0.05, 0) is 45.0 Å². The van der Waals surface area contributed by atoms with Crippen LogP contribution >= 0.6 is 0 Å². The standard InChI is InChI=1S/C16H26N2O2/c1-13(12-18-9-4-5-10-18)17-11-14-15(19-2)7-6-8-16(14)20-3/h6-8,13,17H,4-5,9-12H2,1-3H3. The van der Waals surface area contributed by atoms with Crippen LogP contribution in [0.2, 0.25) is 0 Å². The second-order valence-corrected chi connectivity index (χ2v) is 5.43. The molecule has 0 aliphatic carbocycles. The van der Waals surface area contributed by atoms with Crippen molar-refractivity contribution in [2.75, 3.05) is 33.9 Å². The molecule has 1 heterocycles. The van der Waals surface area contributed by atoms with E-state index in [0.29, 0.717) is 6.04 Å². The Morgan fingerprint density at radius 2 is 1.75 bits per heavy atom. The molecular formula is C16H26N2O2. The minimum absolute atomic E-state index is 0.461. The zero-order valence-electron chi connectivity index (χ0n) is 12.8. The summed E-state index contributed by atoms with van der Waals surface area (Å²) < 4.78 is 10.8. The SMILES string of the molecule is COc1cccc(OC)c1CNC(C)CN1CCCC1. The summed E-state index contributed by atoms with van der Waals surface area (Å²) >= 11 is 0. The molecule has 1 fully saturated rings. The highest BCUT2D eigenvalue weighted by atomic mass is 16.5. The summed E-state index contributed by atoms with van der Waals surface area (Å²) in [7, 11) is 3.40. The van der Waals surface area contributed by atoms with E-state index in [1.165, 1.54) is 25.9 Å². The van der Waals surface area contributed by atoms with Crippen molar-refractivity contribution in [3.63, 3.8) is 0 Å². The maximum absolute atomic E-state index is 5.42. The van der Waals surface area contributed by atoms with Gasteiger partial charge in [-0.3, -0.25) is 0 Å². The van der Waals surface area contributed by atoms with Crippen LogP contribution in [0.25, 0.3) is 0 Å². The van der Waals surface area contributed by atoms with Crippen LogP contribution < -0.4 is 14.8 Å². The lowest BCUT2D eigenvalue weighted by atomic mass is 10.1. The third-order valence-corrected chi connectivity index (χ3v) is 3.89. The average Bonchev–Trinajstić information content (AvgIpc) is 2.97. The number of hydrogen-bond donors (Lipinski definition) is 1. The highest BCUT2D eigenvalue weighted by Gasteiger charge is 2.15. The van der Waals surface area contributed by atoms with Gasteiger partial charge in [0.15, 0.2) is 0 Å². The Balaban J connectivity index is 1.92. The lowest BCUT2D eigenvalue weighted by Crippen LogP contribution is -2.37. The maximum Gasteiger partial charge on any atom is 0.127 e. The van der Waals surface area contributed by atoms with Crippen LogP contribution in [0.4, 0.5) is 0 Å². The molecule has 0 bridgehead atoms. The summed E-state index contributed by atoms with van der Waals surface area (Å²) in [5.74, 6) is 1.76. The Labute approximate surface area is 122 Å². The zero-order chi connectivity index (χ0) is 14.4. The molecule has 2 rings (SSSR count). The number of nitrogens with one attached hydrogen (secondary N) is 1. The van der Waals surface area contributed by atoms with Crippen molar-refractivity contribution in [1.29, 1.82) is 0 Å². The van der Waals surface area contributed by atoms with Gasteiger partial charge in [-0.1, -0.05) is 6.07 Å². The van der Waals surface area contributed by atoms with Gasteiger partial charge in [-0.25, -0.2) is 0 Å². The molecule has 0 aromatic heterocycles. The molecule has 1 aromatic rings. The summed E-state index contributed by atoms with van der Waals surface area (Å²) in [5.41, 5.74) is 1.09. The van der Waals surface area contributed by atoms with E-state index in [1.54, 1.807) is 14.2 Å². The van der Waals surface area contributed by atoms with E-state index in [-0.39, 0.29) is 0 Å². The fourth-order valence-corrected chi connectivity index (χ4v) is 2.80. The van der Waals surface area contributed by atoms with Crippen molar-refractivity contribution in [3.8, 4) is 11.5 Å². The fraction of sp³-hybridized carbons (Fsp3) is 0.625. The summed E-state index contributed by atoms with van der Waals surface area (Å²) in [6.07, 6.45) is 2.68. The molecule has 1 aliphatic heterocycles. The molecule has 1 saturated heterocycles. The van der Waals surface area contributed by atoms with Crippen LogP contribution in [0, 0.1) is 0 Å². The Morgan fingerprint density at radius 1 is 1.15 bits per heavy atom. The summed E-state index contributed by atoms with van der Waals surface area (Å²) in [4.78, 5) is 2.52. The smallest absolute Gasteiger partial charge is 0.127 e. The molecule has 1 atom stereocenters. The van der Waals surface area contributed by atoms with Gasteiger partial charge in [0.05, 0.1) is 14.2 Å². The molecule has 1 N–H and O–H groups in total. The Hall–Kier alpha value is -1.26. The molecule has 20 heavy (non-hydrogen) atoms. The predicted molar refractivity (Wildman–Crippen MR) is 81.5 cm³/mol. The highest BCUT2D eigenvalue weighted by Crippen LogP contribution is 2.28. The van der Waals surface area contributed by atoms with Crippen molar-refractivity contribution < 1.29 is 9.47 Å². The van der Waals surface area contributed by atoms with Gasteiger partial charge in [0, 0.05) is 24.7 Å². The lowest BCUT2D eigenvalue weighted by Gasteiger charge is -2.22. The van der Waals surface area contributed by atoms with Gasteiger partial charge >= 0.3 is 0 Å². The molecule has 0 radical (unpaired) electrons. The molecule has 1 aliphatic rings. The Morgan fingerprint density at radius 3 is 2.30 bits per heavy atom. The molecule has 0 amide bonds. The molecule has 0 spiro atoms. The van der Waals surface area contributed by atoms with Gasteiger partial charge in [0.25, 0.3) is 0 Å². The van der Waals surface area contributed by atoms with E-state index in [2.05, 4.69) is 17.1 Å². The second kappa shape index (κ2) is 7.50. The fourth-order valence-electron chi connectivity index (χ4n) is 2.80. The van der Waals surface area contributed by atoms with Crippen LogP contribution in [0.3, 0.4) is 0 Å². The topological polar surface area (TPSA) is 33.7 Å². The van der Waals surface area contributed by atoms with E-state index in [4.69, 9.17) is 9.47 Å². The van der Waals surface area contributed by atoms with Gasteiger partial charge in [-0.15, -0.1) is 0 Å². The molecule has 0 saturated carbocycles. The van der Waals surface area contributed by atoms with Crippen molar-refractivity contribution in [2.45, 2.75) is 32.4 Å². The largest absolute Gasteiger partial charge is 0.496 e. The first-order valence-corrected chi connectivity index (χ1v) is 7.40. The number of ether oxygens (including phenoxy) is 2.